The van der Waals surface area contributed by atoms with Crippen LogP contribution in [0, 0.1) is 5.92 Å². The van der Waals surface area contributed by atoms with Gasteiger partial charge in [0.25, 0.3) is 11.8 Å². The molecule has 2 N–H and O–H groups in total. The molecule has 1 fully saturated rings. The molecule has 1 saturated heterocycles. The van der Waals surface area contributed by atoms with Crippen LogP contribution in [-0.2, 0) is 28.8 Å². The molecule has 0 radical (unpaired) electrons. The maximum atomic E-state index is 12.4. The van der Waals surface area contributed by atoms with Crippen molar-refractivity contribution in [2.45, 2.75) is 39.2 Å². The standard InChI is InChI=1S/C16H23N3O6S/c1-10(2)8-12(16(24)25-19-13(21)4-5-14(19)22)18-15(23)11(17-9-20)6-7-26-3/h8-11H,4-7H2,1-3H3,(H,17,20)(H,18,23)/b12-8+. The number of imide groups is 1. The third-order valence-corrected chi connectivity index (χ3v) is 4.00. The largest absolute Gasteiger partial charge is 0.379 e. The van der Waals surface area contributed by atoms with Crippen molar-refractivity contribution in [2.75, 3.05) is 12.0 Å². The number of nitrogens with one attached hydrogen (secondary N) is 2. The van der Waals surface area contributed by atoms with Crippen molar-refractivity contribution >= 4 is 41.9 Å². The number of carbonyl (C=O) groups excluding carboxylic acids is 5. The highest BCUT2D eigenvalue weighted by Gasteiger charge is 2.34. The molecular formula is C16H23N3O6S. The van der Waals surface area contributed by atoms with E-state index in [0.717, 1.165) is 0 Å². The first-order valence-electron chi connectivity index (χ1n) is 8.09. The minimum absolute atomic E-state index is 0.0261. The second-order valence-electron chi connectivity index (χ2n) is 5.89. The van der Waals surface area contributed by atoms with Crippen LogP contribution in [-0.4, -0.2) is 53.2 Å². The van der Waals surface area contributed by atoms with Gasteiger partial charge in [0.1, 0.15) is 11.7 Å². The Morgan fingerprint density at radius 3 is 2.38 bits per heavy atom. The quantitative estimate of drug-likeness (QED) is 0.311. The Bertz CT molecular complexity index is 589. The van der Waals surface area contributed by atoms with Crippen LogP contribution in [0.25, 0.3) is 0 Å². The summed E-state index contributed by atoms with van der Waals surface area (Å²) in [6.45, 7) is 3.56. The summed E-state index contributed by atoms with van der Waals surface area (Å²) in [5.41, 5.74) is -0.195. The van der Waals surface area contributed by atoms with E-state index in [0.29, 0.717) is 23.6 Å². The summed E-state index contributed by atoms with van der Waals surface area (Å²) in [4.78, 5) is 63.3. The first kappa shape index (κ1) is 21.7. The molecule has 1 atom stereocenters. The highest BCUT2D eigenvalue weighted by molar-refractivity contribution is 7.98. The van der Waals surface area contributed by atoms with Crippen LogP contribution >= 0.6 is 11.8 Å². The third-order valence-electron chi connectivity index (χ3n) is 3.35. The average molecular weight is 385 g/mol. The van der Waals surface area contributed by atoms with Crippen LogP contribution in [0.4, 0.5) is 0 Å². The molecule has 0 spiro atoms. The van der Waals surface area contributed by atoms with Gasteiger partial charge >= 0.3 is 5.97 Å². The number of nitrogens with zero attached hydrogens (tertiary/aromatic N) is 1. The summed E-state index contributed by atoms with van der Waals surface area (Å²) in [6.07, 6.45) is 4.04. The van der Waals surface area contributed by atoms with Crippen molar-refractivity contribution in [1.29, 1.82) is 0 Å². The van der Waals surface area contributed by atoms with E-state index in [1.165, 1.54) is 17.8 Å². The van der Waals surface area contributed by atoms with Crippen LogP contribution in [0.15, 0.2) is 11.8 Å². The van der Waals surface area contributed by atoms with Gasteiger partial charge in [0, 0.05) is 12.8 Å². The smallest absolute Gasteiger partial charge is 0.347 e. The van der Waals surface area contributed by atoms with Crippen molar-refractivity contribution in [3.05, 3.63) is 11.8 Å². The van der Waals surface area contributed by atoms with E-state index in [1.807, 2.05) is 6.26 Å². The molecule has 0 aliphatic carbocycles. The van der Waals surface area contributed by atoms with E-state index in [-0.39, 0.29) is 24.5 Å². The van der Waals surface area contributed by atoms with Crippen molar-refractivity contribution in [2.24, 2.45) is 5.92 Å². The SMILES string of the molecule is CSCCC(NC=O)C(=O)N/C(=C/C(C)C)C(=O)ON1C(=O)CCC1=O. The molecule has 1 heterocycles. The molecule has 9 nitrogen and oxygen atoms in total. The Morgan fingerprint density at radius 1 is 1.27 bits per heavy atom. The molecule has 0 bridgehead atoms. The fourth-order valence-corrected chi connectivity index (χ4v) is 2.58. The summed E-state index contributed by atoms with van der Waals surface area (Å²) in [5, 5.41) is 5.23. The fraction of sp³-hybridized carbons (Fsp3) is 0.562. The van der Waals surface area contributed by atoms with Gasteiger partial charge in [0.15, 0.2) is 0 Å². The van der Waals surface area contributed by atoms with Crippen molar-refractivity contribution < 1.29 is 28.8 Å². The summed E-state index contributed by atoms with van der Waals surface area (Å²) >= 11 is 1.51. The van der Waals surface area contributed by atoms with Gasteiger partial charge < -0.3 is 15.5 Å². The topological polar surface area (TPSA) is 122 Å². The lowest BCUT2D eigenvalue weighted by molar-refractivity contribution is -0.194. The summed E-state index contributed by atoms with van der Waals surface area (Å²) in [7, 11) is 0. The zero-order valence-corrected chi connectivity index (χ0v) is 15.8. The lowest BCUT2D eigenvalue weighted by Crippen LogP contribution is -2.45. The summed E-state index contributed by atoms with van der Waals surface area (Å²) in [6, 6.07) is -0.821. The maximum Gasteiger partial charge on any atom is 0.379 e. The predicted molar refractivity (Wildman–Crippen MR) is 94.2 cm³/mol. The molecule has 0 saturated carbocycles. The Kier molecular flexibility index (Phi) is 8.83. The molecule has 26 heavy (non-hydrogen) atoms. The van der Waals surface area contributed by atoms with E-state index in [9.17, 15) is 24.0 Å². The molecule has 10 heteroatoms. The van der Waals surface area contributed by atoms with Crippen molar-refractivity contribution in [3.63, 3.8) is 0 Å². The van der Waals surface area contributed by atoms with Crippen LogP contribution in [0.5, 0.6) is 0 Å². The second kappa shape index (κ2) is 10.6. The average Bonchev–Trinajstić information content (AvgIpc) is 2.89. The van der Waals surface area contributed by atoms with Gasteiger partial charge in [-0.05, 0) is 24.3 Å². The number of allylic oxidation sites excluding steroid dienone is 1. The lowest BCUT2D eigenvalue weighted by atomic mass is 10.1. The van der Waals surface area contributed by atoms with E-state index < -0.39 is 29.7 Å². The number of thioether (sulfide) groups is 1. The number of hydroxylamine groups is 2. The molecule has 0 aromatic carbocycles. The Morgan fingerprint density at radius 2 is 1.88 bits per heavy atom. The van der Waals surface area contributed by atoms with Crippen LogP contribution in [0.3, 0.4) is 0 Å². The van der Waals surface area contributed by atoms with Gasteiger partial charge in [-0.2, -0.15) is 11.8 Å². The van der Waals surface area contributed by atoms with Crippen LogP contribution in [0.1, 0.15) is 33.1 Å². The van der Waals surface area contributed by atoms with E-state index in [4.69, 9.17) is 4.84 Å². The van der Waals surface area contributed by atoms with Gasteiger partial charge in [-0.15, -0.1) is 5.06 Å². The van der Waals surface area contributed by atoms with Crippen LogP contribution < -0.4 is 10.6 Å². The summed E-state index contributed by atoms with van der Waals surface area (Å²) < 4.78 is 0. The van der Waals surface area contributed by atoms with E-state index in [2.05, 4.69) is 10.6 Å². The number of rotatable bonds is 10. The van der Waals surface area contributed by atoms with Gasteiger partial charge in [-0.1, -0.05) is 19.9 Å². The van der Waals surface area contributed by atoms with Gasteiger partial charge in [-0.3, -0.25) is 19.2 Å². The zero-order chi connectivity index (χ0) is 19.7. The number of amides is 4. The minimum atomic E-state index is -1.02. The number of hydrogen-bond acceptors (Lipinski definition) is 7. The molecule has 144 valence electrons. The number of hydrogen-bond donors (Lipinski definition) is 2. The molecule has 4 amide bonds. The van der Waals surface area contributed by atoms with Gasteiger partial charge in [0.2, 0.25) is 12.3 Å². The van der Waals surface area contributed by atoms with Crippen molar-refractivity contribution in [1.82, 2.24) is 15.7 Å². The Hall–Kier alpha value is -2.36. The zero-order valence-electron chi connectivity index (χ0n) is 14.9. The monoisotopic (exact) mass is 385 g/mol. The second-order valence-corrected chi connectivity index (χ2v) is 6.88. The molecule has 1 unspecified atom stereocenters. The van der Waals surface area contributed by atoms with E-state index in [1.54, 1.807) is 13.8 Å². The normalized spacial score (nSPS) is 15.8. The van der Waals surface area contributed by atoms with Crippen molar-refractivity contribution in [3.8, 4) is 0 Å². The summed E-state index contributed by atoms with van der Waals surface area (Å²) in [5.74, 6) is -2.33. The Balaban J connectivity index is 2.86. The van der Waals surface area contributed by atoms with Crippen LogP contribution in [0.2, 0.25) is 0 Å². The molecule has 1 aliphatic heterocycles. The predicted octanol–water partition coefficient (Wildman–Crippen LogP) is 0.117. The minimum Gasteiger partial charge on any atom is -0.347 e. The molecule has 0 aromatic rings. The molecule has 1 rings (SSSR count). The fourth-order valence-electron chi connectivity index (χ4n) is 2.11. The van der Waals surface area contributed by atoms with Gasteiger partial charge in [-0.25, -0.2) is 4.79 Å². The van der Waals surface area contributed by atoms with E-state index >= 15 is 0 Å². The highest BCUT2D eigenvalue weighted by Crippen LogP contribution is 2.14. The molecule has 0 aromatic heterocycles. The maximum absolute atomic E-state index is 12.4. The molecular weight excluding hydrogens is 362 g/mol. The highest BCUT2D eigenvalue weighted by atomic mass is 32.2. The number of carbonyl (C=O) groups is 5. The first-order valence-corrected chi connectivity index (χ1v) is 9.48. The van der Waals surface area contributed by atoms with Gasteiger partial charge in [0.05, 0.1) is 0 Å². The first-order chi connectivity index (χ1) is 12.3. The Labute approximate surface area is 155 Å². The lowest BCUT2D eigenvalue weighted by Gasteiger charge is -2.18. The molecule has 1 aliphatic rings. The third kappa shape index (κ3) is 6.51.